The van der Waals surface area contributed by atoms with E-state index in [0.29, 0.717) is 16.2 Å². The van der Waals surface area contributed by atoms with Crippen LogP contribution in [-0.2, 0) is 5.75 Å². The van der Waals surface area contributed by atoms with E-state index in [1.165, 1.54) is 23.1 Å². The zero-order valence-electron chi connectivity index (χ0n) is 13.4. The van der Waals surface area contributed by atoms with Crippen LogP contribution in [0, 0.1) is 0 Å². The first-order valence-electron chi connectivity index (χ1n) is 7.83. The molecule has 3 aromatic rings. The smallest absolute Gasteiger partial charge is 0.252 e. The van der Waals surface area contributed by atoms with Crippen molar-refractivity contribution in [2.24, 2.45) is 0 Å². The highest BCUT2D eigenvalue weighted by Gasteiger charge is 2.24. The molecule has 5 heteroatoms. The molecule has 0 saturated heterocycles. The van der Waals surface area contributed by atoms with Crippen LogP contribution in [0.2, 0.25) is 0 Å². The fraction of sp³-hybridized carbons (Fsp3) is 0.100. The summed E-state index contributed by atoms with van der Waals surface area (Å²) < 4.78 is 0. The lowest BCUT2D eigenvalue weighted by atomic mass is 10.2. The summed E-state index contributed by atoms with van der Waals surface area (Å²) in [5, 5.41) is 4.12. The van der Waals surface area contributed by atoms with Gasteiger partial charge in [-0.25, -0.2) is 0 Å². The summed E-state index contributed by atoms with van der Waals surface area (Å²) in [7, 11) is 0. The van der Waals surface area contributed by atoms with Gasteiger partial charge in [0.25, 0.3) is 5.91 Å². The maximum Gasteiger partial charge on any atom is 0.252 e. The Hall–Kier alpha value is -2.37. The zero-order valence-corrected chi connectivity index (χ0v) is 15.1. The Kier molecular flexibility index (Phi) is 6.04. The zero-order chi connectivity index (χ0) is 17.5. The molecular weight excluding hydrogens is 350 g/mol. The largest absolute Gasteiger partial charge is 0.333 e. The van der Waals surface area contributed by atoms with E-state index in [1.54, 1.807) is 18.2 Å². The molecule has 3 nitrogen and oxygen atoms in total. The summed E-state index contributed by atoms with van der Waals surface area (Å²) in [6.45, 7) is 0. The monoisotopic (exact) mass is 367 g/mol. The van der Waals surface area contributed by atoms with E-state index in [9.17, 15) is 9.59 Å². The number of hydrogen-bond acceptors (Lipinski definition) is 4. The van der Waals surface area contributed by atoms with E-state index in [4.69, 9.17) is 0 Å². The van der Waals surface area contributed by atoms with Crippen LogP contribution >= 0.6 is 23.1 Å². The van der Waals surface area contributed by atoms with Gasteiger partial charge in [0.2, 0.25) is 5.78 Å². The number of nitrogens with one attached hydrogen (secondary N) is 1. The summed E-state index contributed by atoms with van der Waals surface area (Å²) in [6, 6.07) is 22.5. The molecule has 1 N–H and O–H groups in total. The number of thiophene rings is 1. The van der Waals surface area contributed by atoms with E-state index in [0.717, 1.165) is 5.56 Å². The van der Waals surface area contributed by atoms with Crippen molar-refractivity contribution in [3.05, 3.63) is 94.2 Å². The lowest BCUT2D eigenvalue weighted by Crippen LogP contribution is -2.38. The number of amides is 1. The number of rotatable bonds is 7. The van der Waals surface area contributed by atoms with Crippen molar-refractivity contribution in [2.75, 3.05) is 0 Å². The summed E-state index contributed by atoms with van der Waals surface area (Å²) >= 11 is 2.82. The van der Waals surface area contributed by atoms with Crippen molar-refractivity contribution in [1.82, 2.24) is 5.32 Å². The van der Waals surface area contributed by atoms with Crippen LogP contribution in [0.3, 0.4) is 0 Å². The molecule has 0 spiro atoms. The van der Waals surface area contributed by atoms with E-state index >= 15 is 0 Å². The standard InChI is InChI=1S/C20H17NO2S2/c22-18(17-12-7-13-24-17)20(25-14-15-8-3-1-4-9-15)21-19(23)16-10-5-2-6-11-16/h1-13,20H,14H2,(H,21,23)/t20-/m1/s1. The number of ketones is 1. The molecule has 25 heavy (non-hydrogen) atoms. The molecule has 0 radical (unpaired) electrons. The van der Waals surface area contributed by atoms with Gasteiger partial charge in [0.1, 0.15) is 5.37 Å². The second kappa shape index (κ2) is 8.65. The van der Waals surface area contributed by atoms with E-state index in [1.807, 2.05) is 60.0 Å². The number of carbonyl (C=O) groups excluding carboxylic acids is 2. The third-order valence-corrected chi connectivity index (χ3v) is 5.61. The van der Waals surface area contributed by atoms with Crippen molar-refractivity contribution in [3.63, 3.8) is 0 Å². The van der Waals surface area contributed by atoms with Crippen molar-refractivity contribution in [3.8, 4) is 0 Å². The Morgan fingerprint density at radius 2 is 1.60 bits per heavy atom. The van der Waals surface area contributed by atoms with Crippen molar-refractivity contribution >= 4 is 34.8 Å². The molecule has 0 bridgehead atoms. The molecule has 0 fully saturated rings. The van der Waals surface area contributed by atoms with Crippen molar-refractivity contribution < 1.29 is 9.59 Å². The Morgan fingerprint density at radius 3 is 2.24 bits per heavy atom. The third kappa shape index (κ3) is 4.81. The second-order valence-electron chi connectivity index (χ2n) is 5.36. The van der Waals surface area contributed by atoms with E-state index in [2.05, 4.69) is 5.32 Å². The van der Waals surface area contributed by atoms with Crippen LogP contribution in [0.5, 0.6) is 0 Å². The predicted octanol–water partition coefficient (Wildman–Crippen LogP) is 4.62. The topological polar surface area (TPSA) is 46.2 Å². The molecular formula is C20H17NO2S2. The van der Waals surface area contributed by atoms with Crippen LogP contribution in [0.25, 0.3) is 0 Å². The van der Waals surface area contributed by atoms with Gasteiger partial charge < -0.3 is 5.32 Å². The first-order chi connectivity index (χ1) is 12.2. The number of carbonyl (C=O) groups is 2. The minimum atomic E-state index is -0.619. The maximum atomic E-state index is 12.8. The van der Waals surface area contributed by atoms with Gasteiger partial charge in [-0.05, 0) is 29.1 Å². The van der Waals surface area contributed by atoms with Crippen molar-refractivity contribution in [2.45, 2.75) is 11.1 Å². The summed E-state index contributed by atoms with van der Waals surface area (Å²) in [4.78, 5) is 25.9. The molecule has 3 rings (SSSR count). The van der Waals surface area contributed by atoms with Gasteiger partial charge >= 0.3 is 0 Å². The molecule has 0 unspecified atom stereocenters. The summed E-state index contributed by atoms with van der Waals surface area (Å²) in [5.74, 6) is 0.341. The molecule has 0 saturated carbocycles. The molecule has 2 aromatic carbocycles. The van der Waals surface area contributed by atoms with Crippen LogP contribution in [0.15, 0.2) is 78.2 Å². The van der Waals surface area contributed by atoms with Gasteiger partial charge in [0.05, 0.1) is 4.88 Å². The normalized spacial score (nSPS) is 11.7. The van der Waals surface area contributed by atoms with Crippen LogP contribution < -0.4 is 5.32 Å². The molecule has 1 aromatic heterocycles. The van der Waals surface area contributed by atoms with Crippen LogP contribution in [0.1, 0.15) is 25.6 Å². The highest BCUT2D eigenvalue weighted by atomic mass is 32.2. The van der Waals surface area contributed by atoms with Gasteiger partial charge in [-0.15, -0.1) is 23.1 Å². The van der Waals surface area contributed by atoms with Crippen LogP contribution in [0.4, 0.5) is 0 Å². The second-order valence-corrected chi connectivity index (χ2v) is 7.40. The lowest BCUT2D eigenvalue weighted by Gasteiger charge is -2.17. The molecule has 126 valence electrons. The third-order valence-electron chi connectivity index (χ3n) is 3.56. The molecule has 1 heterocycles. The predicted molar refractivity (Wildman–Crippen MR) is 104 cm³/mol. The Balaban J connectivity index is 1.74. The Labute approximate surface area is 155 Å². The quantitative estimate of drug-likeness (QED) is 0.489. The SMILES string of the molecule is O=C(N[C@H](SCc1ccccc1)C(=O)c1cccs1)c1ccccc1. The Morgan fingerprint density at radius 1 is 0.920 bits per heavy atom. The van der Waals surface area contributed by atoms with Gasteiger partial charge in [0, 0.05) is 11.3 Å². The number of hydrogen-bond donors (Lipinski definition) is 1. The van der Waals surface area contributed by atoms with Crippen molar-refractivity contribution in [1.29, 1.82) is 0 Å². The van der Waals surface area contributed by atoms with Gasteiger partial charge in [-0.2, -0.15) is 0 Å². The first kappa shape index (κ1) is 17.5. The van der Waals surface area contributed by atoms with Gasteiger partial charge in [-0.1, -0.05) is 54.6 Å². The van der Waals surface area contributed by atoms with E-state index in [-0.39, 0.29) is 11.7 Å². The summed E-state index contributed by atoms with van der Waals surface area (Å²) in [5.41, 5.74) is 1.66. The average Bonchev–Trinajstić information content (AvgIpc) is 3.20. The van der Waals surface area contributed by atoms with Gasteiger partial charge in [0.15, 0.2) is 0 Å². The average molecular weight is 367 g/mol. The minimum absolute atomic E-state index is 0.0692. The van der Waals surface area contributed by atoms with E-state index < -0.39 is 5.37 Å². The lowest BCUT2D eigenvalue weighted by molar-refractivity contribution is 0.0894. The highest BCUT2D eigenvalue weighted by Crippen LogP contribution is 2.22. The highest BCUT2D eigenvalue weighted by molar-refractivity contribution is 7.99. The van der Waals surface area contributed by atoms with Crippen LogP contribution in [-0.4, -0.2) is 17.1 Å². The number of benzene rings is 2. The number of Topliss-reactive ketones (excluding diaryl/α,β-unsaturated/α-hetero) is 1. The fourth-order valence-electron chi connectivity index (χ4n) is 2.28. The maximum absolute atomic E-state index is 12.8. The molecule has 0 aliphatic rings. The Bertz CT molecular complexity index is 817. The van der Waals surface area contributed by atoms with Gasteiger partial charge in [-0.3, -0.25) is 9.59 Å². The first-order valence-corrected chi connectivity index (χ1v) is 9.76. The minimum Gasteiger partial charge on any atom is -0.333 e. The molecule has 0 aliphatic carbocycles. The number of thioether (sulfide) groups is 1. The molecule has 1 atom stereocenters. The molecule has 1 amide bonds. The molecule has 0 aliphatic heterocycles. The summed E-state index contributed by atoms with van der Waals surface area (Å²) in [6.07, 6.45) is 0. The fourth-order valence-corrected chi connectivity index (χ4v) is 4.07.